The summed E-state index contributed by atoms with van der Waals surface area (Å²) in [7, 11) is 0. The molecule has 0 unspecified atom stereocenters. The summed E-state index contributed by atoms with van der Waals surface area (Å²) in [6.07, 6.45) is 1.58. The van der Waals surface area contributed by atoms with Crippen LogP contribution >= 0.6 is 0 Å². The Bertz CT molecular complexity index is 787. The summed E-state index contributed by atoms with van der Waals surface area (Å²) in [5.74, 6) is -3.62. The van der Waals surface area contributed by atoms with Crippen molar-refractivity contribution < 1.29 is 34.1 Å². The van der Waals surface area contributed by atoms with Crippen molar-refractivity contribution in [1.82, 2.24) is 0 Å². The van der Waals surface area contributed by atoms with Crippen LogP contribution in [-0.4, -0.2) is 47.2 Å². The Labute approximate surface area is 206 Å². The number of nitrogens with two attached hydrogens (primary N) is 2. The molecule has 192 valence electrons. The zero-order chi connectivity index (χ0) is 26.3. The fourth-order valence-corrected chi connectivity index (χ4v) is 2.62. The van der Waals surface area contributed by atoms with Gasteiger partial charge in [-0.1, -0.05) is 60.7 Å². The van der Waals surface area contributed by atoms with Crippen LogP contribution in [0.3, 0.4) is 0 Å². The number of hydrogen-bond acceptors (Lipinski definition) is 7. The first kappa shape index (κ1) is 31.4. The first-order valence-electron chi connectivity index (χ1n) is 11.4. The molecule has 0 aliphatic rings. The van der Waals surface area contributed by atoms with Crippen LogP contribution in [0.1, 0.15) is 49.7 Å². The van der Waals surface area contributed by atoms with E-state index in [4.69, 9.17) is 21.7 Å². The average Bonchev–Trinajstić information content (AvgIpc) is 2.81. The highest BCUT2D eigenvalue weighted by molar-refractivity contribution is 5.85. The van der Waals surface area contributed by atoms with Gasteiger partial charge in [0.1, 0.15) is 0 Å². The van der Waals surface area contributed by atoms with Gasteiger partial charge in [-0.25, -0.2) is 0 Å². The second-order valence-electron chi connectivity index (χ2n) is 7.39. The van der Waals surface area contributed by atoms with Gasteiger partial charge >= 0.3 is 23.9 Å². The van der Waals surface area contributed by atoms with E-state index in [1.54, 1.807) is 0 Å². The molecular weight excluding hydrogens is 452 g/mol. The van der Waals surface area contributed by atoms with E-state index < -0.39 is 23.9 Å². The fraction of sp³-hybridized carbons (Fsp3) is 0.385. The van der Waals surface area contributed by atoms with Crippen molar-refractivity contribution in [3.8, 4) is 0 Å². The number of aliphatic carboxylic acids is 2. The molecule has 0 aliphatic carbocycles. The van der Waals surface area contributed by atoms with Crippen molar-refractivity contribution in [3.05, 3.63) is 71.8 Å². The Morgan fingerprint density at radius 3 is 1.23 bits per heavy atom. The minimum Gasteiger partial charge on any atom is -0.481 e. The Hall–Kier alpha value is -3.56. The smallest absolute Gasteiger partial charge is 0.313 e. The van der Waals surface area contributed by atoms with Crippen LogP contribution in [0, 0.1) is 0 Å². The van der Waals surface area contributed by atoms with E-state index in [9.17, 15) is 19.2 Å². The Morgan fingerprint density at radius 2 is 0.943 bits per heavy atom. The summed E-state index contributed by atoms with van der Waals surface area (Å²) < 4.78 is 4.35. The molecule has 0 saturated carbocycles. The molecule has 0 fully saturated rings. The van der Waals surface area contributed by atoms with Crippen molar-refractivity contribution >= 4 is 23.9 Å². The van der Waals surface area contributed by atoms with Crippen LogP contribution in [0.2, 0.25) is 0 Å². The number of carboxylic acid groups (broad SMARTS) is 2. The number of ether oxygens (including phenoxy) is 1. The van der Waals surface area contributed by atoms with E-state index in [1.807, 2.05) is 36.4 Å². The number of hydrogen-bond donors (Lipinski definition) is 4. The zero-order valence-corrected chi connectivity index (χ0v) is 19.9. The van der Waals surface area contributed by atoms with Gasteiger partial charge in [-0.05, 0) is 49.9 Å². The van der Waals surface area contributed by atoms with E-state index in [1.165, 1.54) is 11.1 Å². The number of benzene rings is 2. The molecule has 0 atom stereocenters. The van der Waals surface area contributed by atoms with E-state index in [2.05, 4.69) is 29.0 Å². The number of carbonyl (C=O) groups is 4. The molecule has 0 radical (unpaired) electrons. The highest BCUT2D eigenvalue weighted by atomic mass is 16.6. The number of carbonyl (C=O) groups excluding carboxylic acids is 2. The summed E-state index contributed by atoms with van der Waals surface area (Å²) in [6, 6.07) is 20.5. The molecule has 6 N–H and O–H groups in total. The lowest BCUT2D eigenvalue weighted by Gasteiger charge is -2.01. The van der Waals surface area contributed by atoms with Crippen molar-refractivity contribution in [2.75, 3.05) is 13.1 Å². The first-order chi connectivity index (χ1) is 16.8. The second-order valence-corrected chi connectivity index (χ2v) is 7.39. The van der Waals surface area contributed by atoms with Gasteiger partial charge in [-0.3, -0.25) is 19.2 Å². The molecule has 0 amide bonds. The van der Waals surface area contributed by atoms with Crippen LogP contribution in [0.4, 0.5) is 0 Å². The molecule has 2 rings (SSSR count). The summed E-state index contributed by atoms with van der Waals surface area (Å²) in [6.45, 7) is 1.48. The molecule has 9 nitrogen and oxygen atoms in total. The fourth-order valence-electron chi connectivity index (χ4n) is 2.62. The second kappa shape index (κ2) is 21.0. The van der Waals surface area contributed by atoms with Gasteiger partial charge in [0.25, 0.3) is 0 Å². The maximum absolute atomic E-state index is 11.0. The highest BCUT2D eigenvalue weighted by Gasteiger charge is 2.11. The Kier molecular flexibility index (Phi) is 18.9. The third-order valence-corrected chi connectivity index (χ3v) is 4.32. The summed E-state index contributed by atoms with van der Waals surface area (Å²) >= 11 is 0. The average molecular weight is 489 g/mol. The molecule has 0 aliphatic heterocycles. The van der Waals surface area contributed by atoms with Crippen LogP contribution in [0.15, 0.2) is 60.7 Å². The molecule has 0 heterocycles. The maximum Gasteiger partial charge on any atom is 0.313 e. The Morgan fingerprint density at radius 1 is 0.600 bits per heavy atom. The minimum absolute atomic E-state index is 0.108. The highest BCUT2D eigenvalue weighted by Crippen LogP contribution is 2.02. The molecule has 0 spiro atoms. The molecule has 2 aromatic carbocycles. The van der Waals surface area contributed by atoms with Gasteiger partial charge in [-0.2, -0.15) is 0 Å². The predicted octanol–water partition coefficient (Wildman–Crippen LogP) is 2.94. The molecule has 2 aromatic rings. The van der Waals surface area contributed by atoms with Crippen molar-refractivity contribution in [2.45, 2.75) is 51.4 Å². The van der Waals surface area contributed by atoms with E-state index in [-0.39, 0.29) is 38.5 Å². The molecular formula is C26H36N2O7. The topological polar surface area (TPSA) is 170 Å². The van der Waals surface area contributed by atoms with Gasteiger partial charge in [-0.15, -0.1) is 0 Å². The van der Waals surface area contributed by atoms with E-state index >= 15 is 0 Å². The van der Waals surface area contributed by atoms with Crippen molar-refractivity contribution in [1.29, 1.82) is 0 Å². The van der Waals surface area contributed by atoms with E-state index in [0.717, 1.165) is 25.9 Å². The lowest BCUT2D eigenvalue weighted by molar-refractivity contribution is -0.159. The van der Waals surface area contributed by atoms with Gasteiger partial charge in [0, 0.05) is 25.7 Å². The standard InChI is InChI=1S/C10H14O7.2C8H11N/c11-7(12)3-1-5-9(15)17-10(16)6-2-4-8(13)14;2*9-7-6-8-4-2-1-3-5-8/h1-6H2,(H,11,12)(H,13,14);2*1-5H,6-7,9H2. The molecule has 35 heavy (non-hydrogen) atoms. The summed E-state index contributed by atoms with van der Waals surface area (Å²) in [4.78, 5) is 42.2. The molecule has 0 aromatic heterocycles. The third-order valence-electron chi connectivity index (χ3n) is 4.32. The van der Waals surface area contributed by atoms with Crippen molar-refractivity contribution in [3.63, 3.8) is 0 Å². The molecule has 0 bridgehead atoms. The number of esters is 2. The zero-order valence-electron chi connectivity index (χ0n) is 19.9. The van der Waals surface area contributed by atoms with Crippen molar-refractivity contribution in [2.24, 2.45) is 11.5 Å². The molecule has 0 saturated heterocycles. The van der Waals surface area contributed by atoms with Crippen LogP contribution in [0.25, 0.3) is 0 Å². The minimum atomic E-state index is -1.02. The first-order valence-corrected chi connectivity index (χ1v) is 11.4. The van der Waals surface area contributed by atoms with Crippen LogP contribution in [-0.2, 0) is 36.8 Å². The van der Waals surface area contributed by atoms with Gasteiger partial charge in [0.05, 0.1) is 0 Å². The summed E-state index contributed by atoms with van der Waals surface area (Å²) in [5.41, 5.74) is 13.4. The summed E-state index contributed by atoms with van der Waals surface area (Å²) in [5, 5.41) is 16.6. The normalized spacial score (nSPS) is 9.54. The molecule has 9 heteroatoms. The van der Waals surface area contributed by atoms with E-state index in [0.29, 0.717) is 0 Å². The predicted molar refractivity (Wildman–Crippen MR) is 132 cm³/mol. The Balaban J connectivity index is 0.000000538. The lowest BCUT2D eigenvalue weighted by Crippen LogP contribution is -2.12. The van der Waals surface area contributed by atoms with Gasteiger partial charge in [0.2, 0.25) is 0 Å². The van der Waals surface area contributed by atoms with Gasteiger partial charge < -0.3 is 26.4 Å². The number of rotatable bonds is 12. The quantitative estimate of drug-likeness (QED) is 0.259. The van der Waals surface area contributed by atoms with Crippen LogP contribution < -0.4 is 11.5 Å². The number of carboxylic acids is 2. The SMILES string of the molecule is NCCc1ccccc1.NCCc1ccccc1.O=C(O)CCCC(=O)OC(=O)CCCC(=O)O. The largest absolute Gasteiger partial charge is 0.481 e. The monoisotopic (exact) mass is 488 g/mol. The maximum atomic E-state index is 11.0. The lowest BCUT2D eigenvalue weighted by atomic mass is 10.2. The van der Waals surface area contributed by atoms with Crippen LogP contribution in [0.5, 0.6) is 0 Å². The third kappa shape index (κ3) is 20.8. The van der Waals surface area contributed by atoms with Gasteiger partial charge in [0.15, 0.2) is 0 Å².